The number of rotatable bonds is 3. The predicted molar refractivity (Wildman–Crippen MR) is 73.5 cm³/mol. The molecule has 108 valence electrons. The summed E-state index contributed by atoms with van der Waals surface area (Å²) in [6.45, 7) is 1.89. The van der Waals surface area contributed by atoms with E-state index in [1.54, 1.807) is 11.1 Å². The van der Waals surface area contributed by atoms with Gasteiger partial charge in [0, 0.05) is 23.7 Å². The maximum absolute atomic E-state index is 12.4. The fraction of sp³-hybridized carbons (Fsp3) is 0.615. The molecule has 4 atom stereocenters. The highest BCUT2D eigenvalue weighted by atomic mass is 32.1. The van der Waals surface area contributed by atoms with Crippen molar-refractivity contribution in [2.24, 2.45) is 5.92 Å². The van der Waals surface area contributed by atoms with Gasteiger partial charge in [-0.2, -0.15) is 0 Å². The summed E-state index contributed by atoms with van der Waals surface area (Å²) in [7, 11) is 0. The van der Waals surface area contributed by atoms with Gasteiger partial charge in [-0.05, 0) is 26.2 Å². The summed E-state index contributed by atoms with van der Waals surface area (Å²) in [6.07, 6.45) is 4.00. The number of nitrogens with one attached hydrogen (secondary N) is 1. The summed E-state index contributed by atoms with van der Waals surface area (Å²) in [5, 5.41) is 14.9. The quantitative estimate of drug-likeness (QED) is 0.891. The Morgan fingerprint density at radius 2 is 2.35 bits per heavy atom. The first-order chi connectivity index (χ1) is 9.58. The highest BCUT2D eigenvalue weighted by Crippen LogP contribution is 2.41. The number of carbonyl (C=O) groups excluding carboxylic acids is 1. The molecule has 4 unspecified atom stereocenters. The zero-order chi connectivity index (χ0) is 14.3. The minimum absolute atomic E-state index is 0.0737. The number of amides is 2. The molecule has 2 amide bonds. The van der Waals surface area contributed by atoms with Crippen molar-refractivity contribution in [2.75, 3.05) is 0 Å². The van der Waals surface area contributed by atoms with Crippen LogP contribution in [0.3, 0.4) is 0 Å². The van der Waals surface area contributed by atoms with E-state index in [9.17, 15) is 14.7 Å². The van der Waals surface area contributed by atoms with E-state index in [-0.39, 0.29) is 24.2 Å². The summed E-state index contributed by atoms with van der Waals surface area (Å²) in [4.78, 5) is 29.5. The molecule has 0 aliphatic carbocycles. The molecule has 0 saturated carbocycles. The van der Waals surface area contributed by atoms with Gasteiger partial charge >= 0.3 is 12.0 Å². The maximum Gasteiger partial charge on any atom is 0.318 e. The first-order valence-corrected chi connectivity index (χ1v) is 7.67. The standard InChI is InChI=1S/C13H17N3O3S/c1-7(11-14-4-5-20-11)15-13(19)16-8-2-3-10(16)9(6-8)12(17)18/h4-5,7-10H,2-3,6H2,1H3,(H,15,19)(H,17,18). The van der Waals surface area contributed by atoms with Crippen LogP contribution in [-0.4, -0.2) is 39.1 Å². The van der Waals surface area contributed by atoms with Crippen molar-refractivity contribution in [3.05, 3.63) is 16.6 Å². The van der Waals surface area contributed by atoms with Crippen LogP contribution in [0.1, 0.15) is 37.2 Å². The number of carboxylic acids is 1. The molecular formula is C13H17N3O3S. The zero-order valence-electron chi connectivity index (χ0n) is 11.2. The topological polar surface area (TPSA) is 82.5 Å². The number of hydrogen-bond acceptors (Lipinski definition) is 4. The van der Waals surface area contributed by atoms with Crippen LogP contribution >= 0.6 is 11.3 Å². The predicted octanol–water partition coefficient (Wildman–Crippen LogP) is 1.85. The molecule has 1 aromatic rings. The summed E-state index contributed by atoms with van der Waals surface area (Å²) in [5.41, 5.74) is 0. The Bertz CT molecular complexity index is 519. The first-order valence-electron chi connectivity index (χ1n) is 6.79. The minimum atomic E-state index is -0.789. The Morgan fingerprint density at radius 1 is 1.55 bits per heavy atom. The molecule has 20 heavy (non-hydrogen) atoms. The third-order valence-electron chi connectivity index (χ3n) is 4.25. The minimum Gasteiger partial charge on any atom is -0.481 e. The fourth-order valence-corrected chi connectivity index (χ4v) is 3.99. The van der Waals surface area contributed by atoms with Crippen LogP contribution in [0.5, 0.6) is 0 Å². The molecule has 6 nitrogen and oxygen atoms in total. The molecule has 0 radical (unpaired) electrons. The van der Waals surface area contributed by atoms with Crippen molar-refractivity contribution in [3.63, 3.8) is 0 Å². The Morgan fingerprint density at radius 3 is 2.95 bits per heavy atom. The molecule has 2 aliphatic rings. The van der Waals surface area contributed by atoms with Crippen molar-refractivity contribution in [2.45, 2.75) is 44.3 Å². The summed E-state index contributed by atoms with van der Waals surface area (Å²) in [6, 6.07) is -0.389. The number of fused-ring (bicyclic) bond motifs is 2. The molecule has 0 spiro atoms. The lowest BCUT2D eigenvalue weighted by Gasteiger charge is -2.25. The van der Waals surface area contributed by atoms with Crippen LogP contribution < -0.4 is 5.32 Å². The van der Waals surface area contributed by atoms with Crippen molar-refractivity contribution in [1.82, 2.24) is 15.2 Å². The molecular weight excluding hydrogens is 278 g/mol. The Kier molecular flexibility index (Phi) is 3.37. The van der Waals surface area contributed by atoms with Crippen molar-refractivity contribution < 1.29 is 14.7 Å². The van der Waals surface area contributed by atoms with Gasteiger partial charge in [0.2, 0.25) is 0 Å². The monoisotopic (exact) mass is 295 g/mol. The number of nitrogens with zero attached hydrogens (tertiary/aromatic N) is 2. The van der Waals surface area contributed by atoms with E-state index in [0.717, 1.165) is 17.8 Å². The Labute approximate surface area is 120 Å². The number of urea groups is 1. The fourth-order valence-electron chi connectivity index (χ4n) is 3.34. The summed E-state index contributed by atoms with van der Waals surface area (Å²) < 4.78 is 0. The van der Waals surface area contributed by atoms with Crippen molar-refractivity contribution in [1.29, 1.82) is 0 Å². The van der Waals surface area contributed by atoms with Crippen LogP contribution in [-0.2, 0) is 4.79 Å². The normalized spacial score (nSPS) is 29.4. The summed E-state index contributed by atoms with van der Waals surface area (Å²) in [5.74, 6) is -1.20. The summed E-state index contributed by atoms with van der Waals surface area (Å²) >= 11 is 1.50. The van der Waals surface area contributed by atoms with E-state index < -0.39 is 11.9 Å². The molecule has 7 heteroatoms. The van der Waals surface area contributed by atoms with Crippen LogP contribution in [0.2, 0.25) is 0 Å². The van der Waals surface area contributed by atoms with Crippen LogP contribution in [0.15, 0.2) is 11.6 Å². The van der Waals surface area contributed by atoms with Gasteiger partial charge in [-0.25, -0.2) is 9.78 Å². The van der Waals surface area contributed by atoms with Gasteiger partial charge in [0.1, 0.15) is 5.01 Å². The van der Waals surface area contributed by atoms with Crippen LogP contribution in [0, 0.1) is 5.92 Å². The largest absolute Gasteiger partial charge is 0.481 e. The molecule has 2 aliphatic heterocycles. The van der Waals surface area contributed by atoms with Gasteiger partial charge in [0.15, 0.2) is 0 Å². The zero-order valence-corrected chi connectivity index (χ0v) is 12.0. The lowest BCUT2D eigenvalue weighted by Crippen LogP contribution is -2.45. The van der Waals surface area contributed by atoms with E-state index in [1.165, 1.54) is 11.3 Å². The molecule has 2 N–H and O–H groups in total. The van der Waals surface area contributed by atoms with Crippen LogP contribution in [0.4, 0.5) is 4.79 Å². The number of aromatic nitrogens is 1. The van der Waals surface area contributed by atoms with Gasteiger partial charge in [-0.15, -0.1) is 11.3 Å². The first kappa shape index (κ1) is 13.4. The second-order valence-electron chi connectivity index (χ2n) is 5.43. The number of aliphatic carboxylic acids is 1. The van der Waals surface area contributed by atoms with Crippen LogP contribution in [0.25, 0.3) is 0 Å². The van der Waals surface area contributed by atoms with E-state index in [2.05, 4.69) is 10.3 Å². The van der Waals surface area contributed by atoms with Crippen molar-refractivity contribution in [3.8, 4) is 0 Å². The molecule has 2 fully saturated rings. The van der Waals surface area contributed by atoms with Gasteiger partial charge < -0.3 is 15.3 Å². The van der Waals surface area contributed by atoms with Gasteiger partial charge in [0.25, 0.3) is 0 Å². The molecule has 3 heterocycles. The van der Waals surface area contributed by atoms with E-state index in [1.807, 2.05) is 12.3 Å². The van der Waals surface area contributed by atoms with E-state index in [0.29, 0.717) is 6.42 Å². The molecule has 0 aromatic carbocycles. The third kappa shape index (κ3) is 2.15. The second kappa shape index (κ2) is 5.05. The smallest absolute Gasteiger partial charge is 0.318 e. The highest BCUT2D eigenvalue weighted by molar-refractivity contribution is 7.09. The average molecular weight is 295 g/mol. The number of hydrogen-bond donors (Lipinski definition) is 2. The number of carboxylic acid groups (broad SMARTS) is 1. The van der Waals surface area contributed by atoms with Crippen molar-refractivity contribution >= 4 is 23.3 Å². The Balaban J connectivity index is 1.68. The molecule has 3 rings (SSSR count). The number of thiazole rings is 1. The van der Waals surface area contributed by atoms with E-state index >= 15 is 0 Å². The van der Waals surface area contributed by atoms with Gasteiger partial charge in [-0.1, -0.05) is 0 Å². The molecule has 2 saturated heterocycles. The van der Waals surface area contributed by atoms with Gasteiger partial charge in [-0.3, -0.25) is 4.79 Å². The average Bonchev–Trinajstić information content (AvgIpc) is 3.13. The highest BCUT2D eigenvalue weighted by Gasteiger charge is 2.51. The third-order valence-corrected chi connectivity index (χ3v) is 5.21. The van der Waals surface area contributed by atoms with Gasteiger partial charge in [0.05, 0.1) is 12.0 Å². The Hall–Kier alpha value is -1.63. The lowest BCUT2D eigenvalue weighted by molar-refractivity contribution is -0.142. The molecule has 2 bridgehead atoms. The molecule has 1 aromatic heterocycles. The lowest BCUT2D eigenvalue weighted by atomic mass is 9.89. The maximum atomic E-state index is 12.4. The second-order valence-corrected chi connectivity index (χ2v) is 6.35. The number of carbonyl (C=O) groups is 2. The SMILES string of the molecule is CC(NC(=O)N1C2CCC1C(C(=O)O)C2)c1nccs1. The van der Waals surface area contributed by atoms with E-state index in [4.69, 9.17) is 0 Å².